The van der Waals surface area contributed by atoms with Crippen molar-refractivity contribution in [2.24, 2.45) is 0 Å². The molecule has 2 aromatic carbocycles. The highest BCUT2D eigenvalue weighted by Crippen LogP contribution is 2.28. The Morgan fingerprint density at radius 1 is 1.17 bits per heavy atom. The number of hydrogen-bond acceptors (Lipinski definition) is 4. The molecule has 0 atom stereocenters. The number of nitrogens with one attached hydrogen (secondary N) is 1. The highest BCUT2D eigenvalue weighted by molar-refractivity contribution is 7.11. The van der Waals surface area contributed by atoms with Crippen LogP contribution in [0, 0.1) is 11.3 Å². The van der Waals surface area contributed by atoms with Crippen LogP contribution in [0.4, 0.5) is 5.69 Å². The molecule has 24 heavy (non-hydrogen) atoms. The average molecular weight is 372 g/mol. The summed E-state index contributed by atoms with van der Waals surface area (Å²) in [5, 5.41) is 16.1. The van der Waals surface area contributed by atoms with Gasteiger partial charge in [-0.25, -0.2) is 4.98 Å². The zero-order chi connectivity index (χ0) is 16.9. The molecule has 6 heteroatoms. The van der Waals surface area contributed by atoms with Gasteiger partial charge in [-0.15, -0.1) is 11.3 Å². The maximum atomic E-state index is 9.41. The molecule has 0 saturated carbocycles. The van der Waals surface area contributed by atoms with Crippen LogP contribution in [-0.2, 0) is 0 Å². The van der Waals surface area contributed by atoms with E-state index in [1.54, 1.807) is 24.4 Å². The van der Waals surface area contributed by atoms with Crippen LogP contribution < -0.4 is 5.32 Å². The summed E-state index contributed by atoms with van der Waals surface area (Å²) in [6.45, 7) is 0. The zero-order valence-electron chi connectivity index (χ0n) is 12.3. The number of halogens is 2. The van der Waals surface area contributed by atoms with Gasteiger partial charge in [-0.05, 0) is 18.2 Å². The third kappa shape index (κ3) is 3.77. The van der Waals surface area contributed by atoms with Crippen molar-refractivity contribution in [3.63, 3.8) is 0 Å². The molecule has 0 bridgehead atoms. The van der Waals surface area contributed by atoms with Gasteiger partial charge >= 0.3 is 0 Å². The minimum atomic E-state index is 0.438. The number of rotatable bonds is 4. The molecule has 0 saturated heterocycles. The predicted octanol–water partition coefficient (Wildman–Crippen LogP) is 6.09. The summed E-state index contributed by atoms with van der Waals surface area (Å²) in [6, 6.07) is 17.1. The molecule has 0 amide bonds. The summed E-state index contributed by atoms with van der Waals surface area (Å²) in [5.74, 6) is 0. The van der Waals surface area contributed by atoms with E-state index < -0.39 is 0 Å². The normalized spacial score (nSPS) is 11.1. The number of anilines is 1. The first-order valence-electron chi connectivity index (χ1n) is 7.00. The molecule has 1 heterocycles. The Labute approximate surface area is 153 Å². The average Bonchev–Trinajstić information content (AvgIpc) is 3.08. The second-order valence-electron chi connectivity index (χ2n) is 4.84. The molecule has 0 spiro atoms. The van der Waals surface area contributed by atoms with Crippen molar-refractivity contribution in [3.8, 4) is 17.3 Å². The number of allylic oxidation sites excluding steroid dienone is 1. The molecule has 0 unspecified atom stereocenters. The van der Waals surface area contributed by atoms with E-state index in [1.165, 1.54) is 11.3 Å². The van der Waals surface area contributed by atoms with Gasteiger partial charge in [0.15, 0.2) is 0 Å². The predicted molar refractivity (Wildman–Crippen MR) is 101 cm³/mol. The first-order chi connectivity index (χ1) is 11.7. The van der Waals surface area contributed by atoms with Crippen molar-refractivity contribution in [3.05, 3.63) is 75.2 Å². The first kappa shape index (κ1) is 16.5. The van der Waals surface area contributed by atoms with E-state index in [2.05, 4.69) is 16.4 Å². The van der Waals surface area contributed by atoms with Gasteiger partial charge in [0.2, 0.25) is 0 Å². The molecule has 1 aromatic heterocycles. The fourth-order valence-electron chi connectivity index (χ4n) is 2.04. The van der Waals surface area contributed by atoms with Crippen LogP contribution in [0.25, 0.3) is 16.8 Å². The maximum absolute atomic E-state index is 9.41. The van der Waals surface area contributed by atoms with Crippen LogP contribution in [0.5, 0.6) is 0 Å². The summed E-state index contributed by atoms with van der Waals surface area (Å²) >= 11 is 13.4. The van der Waals surface area contributed by atoms with Crippen LogP contribution >= 0.6 is 34.5 Å². The van der Waals surface area contributed by atoms with E-state index in [-0.39, 0.29) is 0 Å². The van der Waals surface area contributed by atoms with Crippen molar-refractivity contribution in [1.82, 2.24) is 4.98 Å². The van der Waals surface area contributed by atoms with Crippen molar-refractivity contribution in [2.75, 3.05) is 5.32 Å². The molecule has 0 aliphatic heterocycles. The summed E-state index contributed by atoms with van der Waals surface area (Å²) in [7, 11) is 0. The molecular weight excluding hydrogens is 361 g/mol. The Kier molecular flexibility index (Phi) is 5.17. The Balaban J connectivity index is 1.84. The van der Waals surface area contributed by atoms with E-state index >= 15 is 0 Å². The highest BCUT2D eigenvalue weighted by Gasteiger charge is 2.09. The Morgan fingerprint density at radius 3 is 2.67 bits per heavy atom. The van der Waals surface area contributed by atoms with Crippen LogP contribution in [-0.4, -0.2) is 4.98 Å². The zero-order valence-corrected chi connectivity index (χ0v) is 14.7. The largest absolute Gasteiger partial charge is 0.359 e. The van der Waals surface area contributed by atoms with E-state index in [1.807, 2.05) is 35.7 Å². The van der Waals surface area contributed by atoms with Gasteiger partial charge in [0, 0.05) is 22.2 Å². The number of nitriles is 1. The van der Waals surface area contributed by atoms with Crippen molar-refractivity contribution in [2.45, 2.75) is 0 Å². The van der Waals surface area contributed by atoms with Gasteiger partial charge < -0.3 is 5.32 Å². The molecule has 3 aromatic rings. The quantitative estimate of drug-likeness (QED) is 0.564. The Bertz CT molecular complexity index is 927. The summed E-state index contributed by atoms with van der Waals surface area (Å²) in [6.07, 6.45) is 1.60. The van der Waals surface area contributed by atoms with E-state index in [0.29, 0.717) is 26.3 Å². The topological polar surface area (TPSA) is 48.7 Å². The number of hydrogen-bond donors (Lipinski definition) is 1. The molecule has 3 nitrogen and oxygen atoms in total. The SMILES string of the molecule is N#CC(=CNc1ccc(Cl)cc1Cl)c1nc(-c2ccccc2)cs1. The van der Waals surface area contributed by atoms with Crippen molar-refractivity contribution in [1.29, 1.82) is 5.26 Å². The van der Waals surface area contributed by atoms with Gasteiger partial charge in [0.1, 0.15) is 16.6 Å². The van der Waals surface area contributed by atoms with E-state index in [0.717, 1.165) is 11.3 Å². The summed E-state index contributed by atoms with van der Waals surface area (Å²) in [5.41, 5.74) is 2.98. The van der Waals surface area contributed by atoms with Crippen molar-refractivity contribution < 1.29 is 0 Å². The second-order valence-corrected chi connectivity index (χ2v) is 6.54. The summed E-state index contributed by atoms with van der Waals surface area (Å²) < 4.78 is 0. The van der Waals surface area contributed by atoms with Crippen LogP contribution in [0.1, 0.15) is 5.01 Å². The lowest BCUT2D eigenvalue weighted by Crippen LogP contribution is -1.92. The lowest BCUT2D eigenvalue weighted by Gasteiger charge is -2.04. The van der Waals surface area contributed by atoms with Gasteiger partial charge in [0.25, 0.3) is 0 Å². The fraction of sp³-hybridized carbons (Fsp3) is 0. The molecule has 118 valence electrons. The monoisotopic (exact) mass is 371 g/mol. The lowest BCUT2D eigenvalue weighted by molar-refractivity contribution is 1.36. The summed E-state index contributed by atoms with van der Waals surface area (Å²) in [4.78, 5) is 4.53. The van der Waals surface area contributed by atoms with Gasteiger partial charge in [-0.2, -0.15) is 5.26 Å². The van der Waals surface area contributed by atoms with Crippen LogP contribution in [0.15, 0.2) is 60.1 Å². The second kappa shape index (κ2) is 7.50. The molecule has 1 N–H and O–H groups in total. The van der Waals surface area contributed by atoms with Gasteiger partial charge in [-0.1, -0.05) is 53.5 Å². The third-order valence-corrected chi connectivity index (χ3v) is 4.65. The highest BCUT2D eigenvalue weighted by atomic mass is 35.5. The standard InChI is InChI=1S/C18H11Cl2N3S/c19-14-6-7-16(15(20)8-14)22-10-13(9-21)18-23-17(11-24-18)12-4-2-1-3-5-12/h1-8,10-11,22H. The number of nitrogens with zero attached hydrogens (tertiary/aromatic N) is 2. The lowest BCUT2D eigenvalue weighted by atomic mass is 10.2. The number of thiazole rings is 1. The Hall–Kier alpha value is -2.32. The number of benzene rings is 2. The van der Waals surface area contributed by atoms with E-state index in [9.17, 15) is 5.26 Å². The minimum absolute atomic E-state index is 0.438. The molecular formula is C18H11Cl2N3S. The Morgan fingerprint density at radius 2 is 1.96 bits per heavy atom. The smallest absolute Gasteiger partial charge is 0.136 e. The molecule has 3 rings (SSSR count). The minimum Gasteiger partial charge on any atom is -0.359 e. The van der Waals surface area contributed by atoms with Gasteiger partial charge in [0.05, 0.1) is 16.4 Å². The van der Waals surface area contributed by atoms with Crippen molar-refractivity contribution >= 4 is 45.8 Å². The van der Waals surface area contributed by atoms with E-state index in [4.69, 9.17) is 23.2 Å². The maximum Gasteiger partial charge on any atom is 0.136 e. The molecule has 0 fully saturated rings. The molecule has 0 aliphatic rings. The molecule has 0 aliphatic carbocycles. The fourth-order valence-corrected chi connectivity index (χ4v) is 3.29. The van der Waals surface area contributed by atoms with Crippen LogP contribution in [0.2, 0.25) is 10.0 Å². The number of aromatic nitrogens is 1. The molecule has 0 radical (unpaired) electrons. The third-order valence-electron chi connectivity index (χ3n) is 3.23. The van der Waals surface area contributed by atoms with Gasteiger partial charge in [-0.3, -0.25) is 0 Å². The first-order valence-corrected chi connectivity index (χ1v) is 8.64. The van der Waals surface area contributed by atoms with Crippen LogP contribution in [0.3, 0.4) is 0 Å².